The number of rotatable bonds is 8. The number of hydrogen-bond acceptors (Lipinski definition) is 11. The van der Waals surface area contributed by atoms with Gasteiger partial charge in [0.2, 0.25) is 0 Å². The fraction of sp³-hybridized carbons (Fsp3) is 1.00. The Morgan fingerprint density at radius 1 is 1.06 bits per heavy atom. The second kappa shape index (κ2) is 14.0. The Morgan fingerprint density at radius 2 is 1.84 bits per heavy atom. The summed E-state index contributed by atoms with van der Waals surface area (Å²) >= 11 is 0. The molecule has 0 spiro atoms. The molecule has 1 aliphatic carbocycles. The van der Waals surface area contributed by atoms with Gasteiger partial charge in [-0.3, -0.25) is 0 Å². The maximum atomic E-state index is 9.51. The van der Waals surface area contributed by atoms with Gasteiger partial charge in [-0.1, -0.05) is 0 Å². The van der Waals surface area contributed by atoms with E-state index in [0.717, 1.165) is 32.1 Å². The molecule has 0 aromatic rings. The second-order valence-corrected chi connectivity index (χ2v) is 8.83. The zero-order chi connectivity index (χ0) is 22.8. The molecule has 0 radical (unpaired) electrons. The van der Waals surface area contributed by atoms with Crippen molar-refractivity contribution in [3.63, 3.8) is 0 Å². The SMILES string of the molecule is NCC(O)CNC1CC(N)CC(OC2CCC(CO)O2)C1.NC[C@H]1CC(O)[C@@H](N)CO1. The molecule has 3 fully saturated rings. The van der Waals surface area contributed by atoms with E-state index in [4.69, 9.17) is 42.3 Å². The number of nitrogens with one attached hydrogen (secondary N) is 1. The van der Waals surface area contributed by atoms with Gasteiger partial charge < -0.3 is 57.8 Å². The molecule has 0 amide bonds. The first-order valence-electron chi connectivity index (χ1n) is 11.4. The van der Waals surface area contributed by atoms with Crippen molar-refractivity contribution in [3.05, 3.63) is 0 Å². The molecular formula is C20H43N5O6. The van der Waals surface area contributed by atoms with Crippen LogP contribution in [0.2, 0.25) is 0 Å². The van der Waals surface area contributed by atoms with E-state index >= 15 is 0 Å². The summed E-state index contributed by atoms with van der Waals surface area (Å²) in [6.07, 6.45) is 3.54. The fourth-order valence-electron chi connectivity index (χ4n) is 4.13. The van der Waals surface area contributed by atoms with Gasteiger partial charge >= 0.3 is 0 Å². The molecule has 2 heterocycles. The van der Waals surface area contributed by atoms with Crippen molar-refractivity contribution in [1.82, 2.24) is 5.32 Å². The van der Waals surface area contributed by atoms with Gasteiger partial charge in [0, 0.05) is 44.6 Å². The van der Waals surface area contributed by atoms with Gasteiger partial charge in [-0.15, -0.1) is 0 Å². The average Bonchev–Trinajstić information content (AvgIpc) is 3.21. The van der Waals surface area contributed by atoms with E-state index < -0.39 is 12.2 Å². The Morgan fingerprint density at radius 3 is 2.45 bits per heavy atom. The van der Waals surface area contributed by atoms with Gasteiger partial charge in [0.25, 0.3) is 0 Å². The minimum atomic E-state index is -0.522. The molecule has 0 aromatic heterocycles. The molecule has 2 aliphatic heterocycles. The molecule has 184 valence electrons. The zero-order valence-electron chi connectivity index (χ0n) is 18.4. The first kappa shape index (κ1) is 26.8. The Balaban J connectivity index is 0.000000285. The fourth-order valence-corrected chi connectivity index (χ4v) is 4.13. The first-order chi connectivity index (χ1) is 14.8. The van der Waals surface area contributed by atoms with Crippen LogP contribution in [0.1, 0.15) is 38.5 Å². The van der Waals surface area contributed by atoms with Crippen LogP contribution in [0.25, 0.3) is 0 Å². The maximum Gasteiger partial charge on any atom is 0.158 e. The molecule has 11 heteroatoms. The summed E-state index contributed by atoms with van der Waals surface area (Å²) in [4.78, 5) is 0. The molecule has 31 heavy (non-hydrogen) atoms. The van der Waals surface area contributed by atoms with Crippen molar-refractivity contribution in [2.24, 2.45) is 22.9 Å². The largest absolute Gasteiger partial charge is 0.394 e. The molecule has 1 saturated carbocycles. The third kappa shape index (κ3) is 9.52. The lowest BCUT2D eigenvalue weighted by atomic mass is 9.89. The first-order valence-corrected chi connectivity index (χ1v) is 11.4. The Bertz CT molecular complexity index is 493. The van der Waals surface area contributed by atoms with Gasteiger partial charge in [-0.05, 0) is 25.7 Å². The van der Waals surface area contributed by atoms with E-state index in [1.165, 1.54) is 0 Å². The minimum absolute atomic E-state index is 0.00481. The van der Waals surface area contributed by atoms with Crippen LogP contribution in [0.3, 0.4) is 0 Å². The summed E-state index contributed by atoms with van der Waals surface area (Å²) in [5.41, 5.74) is 22.3. The third-order valence-electron chi connectivity index (χ3n) is 6.02. The van der Waals surface area contributed by atoms with E-state index in [0.29, 0.717) is 26.1 Å². The van der Waals surface area contributed by atoms with Crippen molar-refractivity contribution in [2.75, 3.05) is 32.8 Å². The topological polar surface area (TPSA) is 204 Å². The van der Waals surface area contributed by atoms with Crippen LogP contribution in [0.15, 0.2) is 0 Å². The molecule has 7 unspecified atom stereocenters. The molecule has 9 atom stereocenters. The Hall–Kier alpha value is -0.440. The van der Waals surface area contributed by atoms with Crippen LogP contribution in [-0.2, 0) is 14.2 Å². The van der Waals surface area contributed by atoms with Gasteiger partial charge in [-0.25, -0.2) is 0 Å². The van der Waals surface area contributed by atoms with Crippen molar-refractivity contribution in [2.45, 2.75) is 93.5 Å². The monoisotopic (exact) mass is 449 g/mol. The normalized spacial score (nSPS) is 39.6. The highest BCUT2D eigenvalue weighted by Crippen LogP contribution is 2.27. The van der Waals surface area contributed by atoms with E-state index in [-0.39, 0.29) is 55.9 Å². The van der Waals surface area contributed by atoms with Crippen molar-refractivity contribution >= 4 is 0 Å². The van der Waals surface area contributed by atoms with Gasteiger partial charge in [0.05, 0.1) is 49.8 Å². The molecule has 3 rings (SSSR count). The lowest BCUT2D eigenvalue weighted by molar-refractivity contribution is -0.175. The molecule has 11 nitrogen and oxygen atoms in total. The number of aliphatic hydroxyl groups is 3. The molecule has 12 N–H and O–H groups in total. The zero-order valence-corrected chi connectivity index (χ0v) is 18.4. The van der Waals surface area contributed by atoms with Crippen LogP contribution in [0, 0.1) is 0 Å². The molecule has 0 bridgehead atoms. The van der Waals surface area contributed by atoms with Gasteiger partial charge in [0.1, 0.15) is 0 Å². The van der Waals surface area contributed by atoms with Crippen LogP contribution in [0.4, 0.5) is 0 Å². The van der Waals surface area contributed by atoms with Gasteiger partial charge in [-0.2, -0.15) is 0 Å². The summed E-state index contributed by atoms with van der Waals surface area (Å²) in [6, 6.07) is 0.0871. The van der Waals surface area contributed by atoms with Crippen molar-refractivity contribution in [1.29, 1.82) is 0 Å². The predicted molar refractivity (Wildman–Crippen MR) is 116 cm³/mol. The number of aliphatic hydroxyl groups excluding tert-OH is 3. The van der Waals surface area contributed by atoms with E-state index in [2.05, 4.69) is 5.32 Å². The summed E-state index contributed by atoms with van der Waals surface area (Å²) in [5, 5.41) is 31.1. The van der Waals surface area contributed by atoms with Crippen molar-refractivity contribution in [3.8, 4) is 0 Å². The highest BCUT2D eigenvalue weighted by atomic mass is 16.7. The van der Waals surface area contributed by atoms with Crippen LogP contribution < -0.4 is 28.3 Å². The van der Waals surface area contributed by atoms with Gasteiger partial charge in [0.15, 0.2) is 6.29 Å². The van der Waals surface area contributed by atoms with Crippen LogP contribution >= 0.6 is 0 Å². The molecular weight excluding hydrogens is 406 g/mol. The summed E-state index contributed by atoms with van der Waals surface area (Å²) in [5.74, 6) is 0. The highest BCUT2D eigenvalue weighted by molar-refractivity contribution is 4.87. The van der Waals surface area contributed by atoms with Crippen LogP contribution in [0.5, 0.6) is 0 Å². The van der Waals surface area contributed by atoms with E-state index in [1.54, 1.807) is 0 Å². The molecule has 3 aliphatic rings. The maximum absolute atomic E-state index is 9.51. The number of nitrogens with two attached hydrogens (primary N) is 4. The number of hydrogen-bond donors (Lipinski definition) is 8. The smallest absolute Gasteiger partial charge is 0.158 e. The lowest BCUT2D eigenvalue weighted by Gasteiger charge is -2.35. The molecule has 2 saturated heterocycles. The standard InChI is InChI=1S/C14H29N3O4.C6H14N2O2/c15-6-11(19)7-17-10-3-9(16)4-13(5-10)21-14-2-1-12(8-18)20-14;7-2-4-1-6(9)5(8)3-10-4/h9-14,17-19H,1-8,15-16H2;4-6,9H,1-3,7-8H2/t;4-,5+,6?/m.1/s1. The van der Waals surface area contributed by atoms with E-state index in [1.807, 2.05) is 0 Å². The van der Waals surface area contributed by atoms with Crippen molar-refractivity contribution < 1.29 is 29.5 Å². The Labute approximate surface area is 184 Å². The van der Waals surface area contributed by atoms with Crippen LogP contribution in [-0.4, -0.2) is 103 Å². The summed E-state index contributed by atoms with van der Waals surface area (Å²) in [6.45, 7) is 1.66. The summed E-state index contributed by atoms with van der Waals surface area (Å²) < 4.78 is 16.8. The quantitative estimate of drug-likeness (QED) is 0.188. The molecule has 0 aromatic carbocycles. The number of ether oxygens (including phenoxy) is 3. The van der Waals surface area contributed by atoms with E-state index in [9.17, 15) is 10.2 Å². The third-order valence-corrected chi connectivity index (χ3v) is 6.02. The second-order valence-electron chi connectivity index (χ2n) is 8.83. The minimum Gasteiger partial charge on any atom is -0.394 e. The predicted octanol–water partition coefficient (Wildman–Crippen LogP) is -2.92. The highest BCUT2D eigenvalue weighted by Gasteiger charge is 2.32. The summed E-state index contributed by atoms with van der Waals surface area (Å²) in [7, 11) is 0. The average molecular weight is 450 g/mol. The lowest BCUT2D eigenvalue weighted by Crippen LogP contribution is -2.48. The Kier molecular flexibility index (Phi) is 12.1.